The Balaban J connectivity index is 1.67. The van der Waals surface area contributed by atoms with E-state index in [9.17, 15) is 14.3 Å². The molecule has 3 heterocycles. The van der Waals surface area contributed by atoms with E-state index in [0.29, 0.717) is 36.5 Å². The minimum absolute atomic E-state index is 0.259. The van der Waals surface area contributed by atoms with Crippen molar-refractivity contribution in [2.24, 2.45) is 5.92 Å². The predicted molar refractivity (Wildman–Crippen MR) is 95.5 cm³/mol. The number of anilines is 1. The fourth-order valence-electron chi connectivity index (χ4n) is 3.26. The van der Waals surface area contributed by atoms with Gasteiger partial charge in [-0.05, 0) is 37.1 Å². The third-order valence-corrected chi connectivity index (χ3v) is 4.60. The molecule has 7 nitrogen and oxygen atoms in total. The summed E-state index contributed by atoms with van der Waals surface area (Å²) in [4.78, 5) is 22.1. The van der Waals surface area contributed by atoms with E-state index < -0.39 is 11.9 Å². The van der Waals surface area contributed by atoms with Gasteiger partial charge in [0.2, 0.25) is 5.82 Å². The molecule has 0 amide bonds. The normalized spacial score (nSPS) is 17.1. The average molecular weight is 368 g/mol. The van der Waals surface area contributed by atoms with Crippen LogP contribution in [-0.4, -0.2) is 39.3 Å². The quantitative estimate of drug-likeness (QED) is 0.756. The van der Waals surface area contributed by atoms with Gasteiger partial charge in [-0.2, -0.15) is 4.98 Å². The van der Waals surface area contributed by atoms with E-state index in [1.807, 2.05) is 4.90 Å². The lowest BCUT2D eigenvalue weighted by Gasteiger charge is -2.32. The molecule has 1 atom stereocenters. The molecule has 27 heavy (non-hydrogen) atoms. The number of piperidine rings is 1. The second kappa shape index (κ2) is 7.14. The van der Waals surface area contributed by atoms with Crippen molar-refractivity contribution < 1.29 is 18.8 Å². The lowest BCUT2D eigenvalue weighted by Crippen LogP contribution is -2.39. The van der Waals surface area contributed by atoms with Gasteiger partial charge in [-0.1, -0.05) is 17.3 Å². The van der Waals surface area contributed by atoms with Crippen LogP contribution in [0.25, 0.3) is 22.8 Å². The number of halogens is 1. The zero-order valence-corrected chi connectivity index (χ0v) is 14.4. The minimum Gasteiger partial charge on any atom is -0.481 e. The maximum absolute atomic E-state index is 13.4. The van der Waals surface area contributed by atoms with Gasteiger partial charge >= 0.3 is 5.97 Å². The second-order valence-corrected chi connectivity index (χ2v) is 6.43. The zero-order valence-electron chi connectivity index (χ0n) is 14.4. The summed E-state index contributed by atoms with van der Waals surface area (Å²) in [6.45, 7) is 1.09. The summed E-state index contributed by atoms with van der Waals surface area (Å²) in [5.74, 6) is -0.467. The molecule has 1 aliphatic heterocycles. The molecule has 0 spiro atoms. The SMILES string of the molecule is O=C(O)C1CCCN(c2ncccc2-c2nc(-c3cccc(F)c3)no2)C1. The molecule has 1 unspecified atom stereocenters. The number of nitrogens with zero attached hydrogens (tertiary/aromatic N) is 4. The molecular weight excluding hydrogens is 351 g/mol. The second-order valence-electron chi connectivity index (χ2n) is 6.43. The number of carbonyl (C=O) groups is 1. The molecule has 0 radical (unpaired) electrons. The van der Waals surface area contributed by atoms with Crippen LogP contribution in [0.1, 0.15) is 12.8 Å². The number of pyridine rings is 1. The number of aromatic nitrogens is 3. The van der Waals surface area contributed by atoms with E-state index >= 15 is 0 Å². The van der Waals surface area contributed by atoms with E-state index in [-0.39, 0.29) is 17.5 Å². The molecular formula is C19H17FN4O3. The van der Waals surface area contributed by atoms with Crippen molar-refractivity contribution in [1.82, 2.24) is 15.1 Å². The van der Waals surface area contributed by atoms with Gasteiger partial charge in [0.05, 0.1) is 11.5 Å². The van der Waals surface area contributed by atoms with E-state index in [1.54, 1.807) is 30.5 Å². The van der Waals surface area contributed by atoms with Gasteiger partial charge in [0.15, 0.2) is 0 Å². The van der Waals surface area contributed by atoms with Gasteiger partial charge in [-0.3, -0.25) is 4.79 Å². The van der Waals surface area contributed by atoms with E-state index in [1.165, 1.54) is 12.1 Å². The number of rotatable bonds is 4. The molecule has 1 aliphatic rings. The highest BCUT2D eigenvalue weighted by Gasteiger charge is 2.28. The standard InChI is InChI=1S/C19H17FN4O3/c20-14-6-1-4-12(10-14)16-22-18(27-23-16)15-7-2-8-21-17(15)24-9-3-5-13(11-24)19(25)26/h1-2,4,6-8,10,13H,3,5,9,11H2,(H,25,26). The molecule has 1 aromatic carbocycles. The van der Waals surface area contributed by atoms with Crippen LogP contribution in [0.3, 0.4) is 0 Å². The molecule has 0 bridgehead atoms. The molecule has 0 aliphatic carbocycles. The van der Waals surface area contributed by atoms with Crippen LogP contribution in [0.5, 0.6) is 0 Å². The Morgan fingerprint density at radius 1 is 1.30 bits per heavy atom. The molecule has 2 aromatic heterocycles. The molecule has 138 valence electrons. The van der Waals surface area contributed by atoms with E-state index in [0.717, 1.165) is 6.42 Å². The Hall–Kier alpha value is -3.29. The van der Waals surface area contributed by atoms with E-state index in [2.05, 4.69) is 15.1 Å². The van der Waals surface area contributed by atoms with Crippen molar-refractivity contribution >= 4 is 11.8 Å². The maximum Gasteiger partial charge on any atom is 0.308 e. The van der Waals surface area contributed by atoms with Gasteiger partial charge in [0.1, 0.15) is 11.6 Å². The monoisotopic (exact) mass is 368 g/mol. The van der Waals surface area contributed by atoms with Gasteiger partial charge < -0.3 is 14.5 Å². The topological polar surface area (TPSA) is 92.3 Å². The third kappa shape index (κ3) is 3.51. The highest BCUT2D eigenvalue weighted by Crippen LogP contribution is 2.32. The Morgan fingerprint density at radius 2 is 2.19 bits per heavy atom. The van der Waals surface area contributed by atoms with Gasteiger partial charge in [0.25, 0.3) is 5.89 Å². The van der Waals surface area contributed by atoms with Crippen molar-refractivity contribution in [1.29, 1.82) is 0 Å². The van der Waals surface area contributed by atoms with Crippen molar-refractivity contribution in [3.63, 3.8) is 0 Å². The van der Waals surface area contributed by atoms with Crippen LogP contribution in [0.4, 0.5) is 10.2 Å². The molecule has 3 aromatic rings. The first-order valence-electron chi connectivity index (χ1n) is 8.64. The average Bonchev–Trinajstić information content (AvgIpc) is 3.18. The molecule has 1 saturated heterocycles. The van der Waals surface area contributed by atoms with E-state index in [4.69, 9.17) is 4.52 Å². The zero-order chi connectivity index (χ0) is 18.8. The lowest BCUT2D eigenvalue weighted by atomic mass is 9.98. The van der Waals surface area contributed by atoms with Crippen molar-refractivity contribution in [2.75, 3.05) is 18.0 Å². The summed E-state index contributed by atoms with van der Waals surface area (Å²) in [6.07, 6.45) is 3.07. The van der Waals surface area contributed by atoms with Gasteiger partial charge in [0, 0.05) is 24.8 Å². The minimum atomic E-state index is -0.802. The summed E-state index contributed by atoms with van der Waals surface area (Å²) < 4.78 is 18.8. The summed E-state index contributed by atoms with van der Waals surface area (Å²) in [7, 11) is 0. The Labute approximate surface area is 154 Å². The molecule has 8 heteroatoms. The van der Waals surface area contributed by atoms with Crippen molar-refractivity contribution in [3.8, 4) is 22.8 Å². The smallest absolute Gasteiger partial charge is 0.308 e. The van der Waals surface area contributed by atoms with Crippen LogP contribution in [0, 0.1) is 11.7 Å². The Bertz CT molecular complexity index is 975. The Morgan fingerprint density at radius 3 is 3.00 bits per heavy atom. The number of benzene rings is 1. The highest BCUT2D eigenvalue weighted by molar-refractivity contribution is 5.74. The van der Waals surface area contributed by atoms with Crippen LogP contribution < -0.4 is 4.90 Å². The van der Waals surface area contributed by atoms with Gasteiger partial charge in [-0.15, -0.1) is 0 Å². The fraction of sp³-hybridized carbons (Fsp3) is 0.263. The first kappa shape index (κ1) is 17.1. The van der Waals surface area contributed by atoms with Gasteiger partial charge in [-0.25, -0.2) is 9.37 Å². The summed E-state index contributed by atoms with van der Waals surface area (Å²) in [6, 6.07) is 9.51. The fourth-order valence-corrected chi connectivity index (χ4v) is 3.26. The number of hydrogen-bond acceptors (Lipinski definition) is 6. The molecule has 1 fully saturated rings. The Kier molecular flexibility index (Phi) is 4.53. The lowest BCUT2D eigenvalue weighted by molar-refractivity contribution is -0.141. The van der Waals surface area contributed by atoms with Crippen LogP contribution in [0.15, 0.2) is 47.1 Å². The molecule has 0 saturated carbocycles. The number of hydrogen-bond donors (Lipinski definition) is 1. The highest BCUT2D eigenvalue weighted by atomic mass is 19.1. The maximum atomic E-state index is 13.4. The first-order chi connectivity index (χ1) is 13.1. The summed E-state index contributed by atoms with van der Waals surface area (Å²) in [5, 5.41) is 13.3. The van der Waals surface area contributed by atoms with Crippen LogP contribution in [0.2, 0.25) is 0 Å². The van der Waals surface area contributed by atoms with Crippen LogP contribution >= 0.6 is 0 Å². The molecule has 4 rings (SSSR count). The summed E-state index contributed by atoms with van der Waals surface area (Å²) in [5.41, 5.74) is 1.14. The van der Waals surface area contributed by atoms with Crippen molar-refractivity contribution in [3.05, 3.63) is 48.4 Å². The van der Waals surface area contributed by atoms with Crippen LogP contribution in [-0.2, 0) is 4.79 Å². The number of carboxylic acid groups (broad SMARTS) is 1. The number of aliphatic carboxylic acids is 1. The molecule has 1 N–H and O–H groups in total. The number of carboxylic acids is 1. The van der Waals surface area contributed by atoms with Crippen molar-refractivity contribution in [2.45, 2.75) is 12.8 Å². The first-order valence-corrected chi connectivity index (χ1v) is 8.64. The third-order valence-electron chi connectivity index (χ3n) is 4.60. The summed E-state index contributed by atoms with van der Waals surface area (Å²) >= 11 is 0. The largest absolute Gasteiger partial charge is 0.481 e. The predicted octanol–water partition coefficient (Wildman–Crippen LogP) is 3.24.